The molecule has 0 heterocycles. The maximum atomic E-state index is 5.62. The van der Waals surface area contributed by atoms with Gasteiger partial charge in [0.25, 0.3) is 0 Å². The van der Waals surface area contributed by atoms with E-state index in [0.29, 0.717) is 0 Å². The van der Waals surface area contributed by atoms with Crippen molar-refractivity contribution in [3.63, 3.8) is 0 Å². The summed E-state index contributed by atoms with van der Waals surface area (Å²) >= 11 is 0. The molecule has 1 rings (SSSR count). The molecule has 0 aromatic heterocycles. The molecular weight excluding hydrogens is 164 g/mol. The molecule has 0 N–H and O–H groups in total. The van der Waals surface area contributed by atoms with Gasteiger partial charge in [-0.3, -0.25) is 0 Å². The topological polar surface area (TPSA) is 9.23 Å². The first-order chi connectivity index (χ1) is 5.72. The lowest BCUT2D eigenvalue weighted by atomic mass is 10.2. The third-order valence-corrected chi connectivity index (χ3v) is 2.23. The summed E-state index contributed by atoms with van der Waals surface area (Å²) in [6, 6.07) is 8.01. The molecule has 1 aromatic carbocycles. The molecule has 0 spiro atoms. The molecule has 0 amide bonds. The summed E-state index contributed by atoms with van der Waals surface area (Å²) in [6.07, 6.45) is 1.83. The number of rotatable bonds is 3. The van der Waals surface area contributed by atoms with Crippen LogP contribution in [0.1, 0.15) is 5.56 Å². The predicted octanol–water partition coefficient (Wildman–Crippen LogP) is 2.69. The standard InChI is InChI=1S/C10H14OSi/c1-4-9-5-7-10(8-6-9)11-12(2)3/h4-8,12H,1H2,2-3H3. The summed E-state index contributed by atoms with van der Waals surface area (Å²) in [7, 11) is -0.948. The van der Waals surface area contributed by atoms with E-state index in [1.807, 2.05) is 30.3 Å². The van der Waals surface area contributed by atoms with E-state index >= 15 is 0 Å². The highest BCUT2D eigenvalue weighted by Gasteiger charge is 1.97. The zero-order chi connectivity index (χ0) is 8.97. The third-order valence-electron chi connectivity index (χ3n) is 1.49. The van der Waals surface area contributed by atoms with Gasteiger partial charge in [0.1, 0.15) is 5.75 Å². The molecule has 0 bridgehead atoms. The molecule has 0 atom stereocenters. The van der Waals surface area contributed by atoms with Gasteiger partial charge in [0, 0.05) is 0 Å². The van der Waals surface area contributed by atoms with Crippen molar-refractivity contribution in [2.45, 2.75) is 13.1 Å². The van der Waals surface area contributed by atoms with E-state index < -0.39 is 9.04 Å². The van der Waals surface area contributed by atoms with Crippen molar-refractivity contribution in [1.82, 2.24) is 0 Å². The van der Waals surface area contributed by atoms with Crippen molar-refractivity contribution >= 4 is 15.1 Å². The minimum Gasteiger partial charge on any atom is -0.547 e. The molecule has 0 unspecified atom stereocenters. The Bertz CT molecular complexity index is 251. The smallest absolute Gasteiger partial charge is 0.229 e. The van der Waals surface area contributed by atoms with Gasteiger partial charge in [-0.15, -0.1) is 0 Å². The Balaban J connectivity index is 2.71. The van der Waals surface area contributed by atoms with Crippen molar-refractivity contribution < 1.29 is 4.43 Å². The second-order valence-electron chi connectivity index (χ2n) is 2.94. The fourth-order valence-electron chi connectivity index (χ4n) is 0.955. The molecular formula is C10H14OSi. The van der Waals surface area contributed by atoms with Gasteiger partial charge >= 0.3 is 0 Å². The number of hydrogen-bond acceptors (Lipinski definition) is 1. The van der Waals surface area contributed by atoms with Crippen molar-refractivity contribution in [2.75, 3.05) is 0 Å². The van der Waals surface area contributed by atoms with Crippen molar-refractivity contribution in [3.8, 4) is 5.75 Å². The zero-order valence-electron chi connectivity index (χ0n) is 7.58. The number of hydrogen-bond donors (Lipinski definition) is 0. The van der Waals surface area contributed by atoms with Gasteiger partial charge in [0.15, 0.2) is 0 Å². The lowest BCUT2D eigenvalue weighted by Crippen LogP contribution is -2.10. The van der Waals surface area contributed by atoms with E-state index in [4.69, 9.17) is 4.43 Å². The van der Waals surface area contributed by atoms with E-state index in [2.05, 4.69) is 19.7 Å². The van der Waals surface area contributed by atoms with Crippen LogP contribution < -0.4 is 4.43 Å². The first kappa shape index (κ1) is 9.07. The Morgan fingerprint density at radius 1 is 1.25 bits per heavy atom. The van der Waals surface area contributed by atoms with Crippen LogP contribution in [0.2, 0.25) is 13.1 Å². The van der Waals surface area contributed by atoms with Gasteiger partial charge < -0.3 is 4.43 Å². The Morgan fingerprint density at radius 2 is 1.83 bits per heavy atom. The Hall–Kier alpha value is -1.02. The van der Waals surface area contributed by atoms with Crippen LogP contribution >= 0.6 is 0 Å². The maximum Gasteiger partial charge on any atom is 0.229 e. The van der Waals surface area contributed by atoms with Gasteiger partial charge in [0.2, 0.25) is 9.04 Å². The summed E-state index contributed by atoms with van der Waals surface area (Å²) in [6.45, 7) is 8.00. The number of benzene rings is 1. The largest absolute Gasteiger partial charge is 0.547 e. The predicted molar refractivity (Wildman–Crippen MR) is 56.0 cm³/mol. The highest BCUT2D eigenvalue weighted by molar-refractivity contribution is 6.49. The zero-order valence-corrected chi connectivity index (χ0v) is 8.73. The Labute approximate surface area is 75.4 Å². The van der Waals surface area contributed by atoms with Crippen molar-refractivity contribution in [1.29, 1.82) is 0 Å². The van der Waals surface area contributed by atoms with E-state index in [9.17, 15) is 0 Å². The molecule has 0 radical (unpaired) electrons. The summed E-state index contributed by atoms with van der Waals surface area (Å²) < 4.78 is 5.62. The van der Waals surface area contributed by atoms with Gasteiger partial charge in [-0.1, -0.05) is 24.8 Å². The average molecular weight is 178 g/mol. The Kier molecular flexibility index (Phi) is 3.11. The SMILES string of the molecule is C=Cc1ccc(O[SiH](C)C)cc1. The molecule has 0 fully saturated rings. The highest BCUT2D eigenvalue weighted by Crippen LogP contribution is 2.13. The average Bonchev–Trinajstić information content (AvgIpc) is 2.05. The fraction of sp³-hybridized carbons (Fsp3) is 0.200. The van der Waals surface area contributed by atoms with Crippen molar-refractivity contribution in [2.24, 2.45) is 0 Å². The van der Waals surface area contributed by atoms with Crippen LogP contribution in [0.4, 0.5) is 0 Å². The van der Waals surface area contributed by atoms with Crippen LogP contribution in [0, 0.1) is 0 Å². The van der Waals surface area contributed by atoms with Crippen molar-refractivity contribution in [3.05, 3.63) is 36.4 Å². The van der Waals surface area contributed by atoms with Crippen LogP contribution in [-0.2, 0) is 0 Å². The monoisotopic (exact) mass is 178 g/mol. The van der Waals surface area contributed by atoms with Crippen LogP contribution in [-0.4, -0.2) is 9.04 Å². The van der Waals surface area contributed by atoms with E-state index in [1.54, 1.807) is 0 Å². The molecule has 1 aromatic rings. The van der Waals surface area contributed by atoms with Gasteiger partial charge in [-0.25, -0.2) is 0 Å². The lowest BCUT2D eigenvalue weighted by molar-refractivity contribution is 0.581. The summed E-state index contributed by atoms with van der Waals surface area (Å²) in [5.74, 6) is 0.974. The molecule has 2 heteroatoms. The minimum absolute atomic E-state index is 0.948. The summed E-state index contributed by atoms with van der Waals surface area (Å²) in [4.78, 5) is 0. The van der Waals surface area contributed by atoms with Crippen LogP contribution in [0.15, 0.2) is 30.8 Å². The maximum absolute atomic E-state index is 5.62. The third kappa shape index (κ3) is 2.55. The van der Waals surface area contributed by atoms with Crippen LogP contribution in [0.5, 0.6) is 5.75 Å². The first-order valence-corrected chi connectivity index (χ1v) is 6.89. The fourth-order valence-corrected chi connectivity index (χ4v) is 1.66. The lowest BCUT2D eigenvalue weighted by Gasteiger charge is -2.08. The molecule has 0 saturated carbocycles. The molecule has 12 heavy (non-hydrogen) atoms. The highest BCUT2D eigenvalue weighted by atomic mass is 28.3. The molecule has 0 aliphatic rings. The summed E-state index contributed by atoms with van der Waals surface area (Å²) in [5, 5.41) is 0. The molecule has 0 aliphatic heterocycles. The van der Waals surface area contributed by atoms with Gasteiger partial charge in [-0.2, -0.15) is 0 Å². The van der Waals surface area contributed by atoms with Crippen LogP contribution in [0.25, 0.3) is 6.08 Å². The molecule has 64 valence electrons. The quantitative estimate of drug-likeness (QED) is 0.647. The second-order valence-corrected chi connectivity index (χ2v) is 5.27. The van der Waals surface area contributed by atoms with E-state index in [0.717, 1.165) is 11.3 Å². The molecule has 0 saturated heterocycles. The van der Waals surface area contributed by atoms with Crippen LogP contribution in [0.3, 0.4) is 0 Å². The molecule has 1 nitrogen and oxygen atoms in total. The summed E-state index contributed by atoms with van der Waals surface area (Å²) in [5.41, 5.74) is 1.13. The van der Waals surface area contributed by atoms with Gasteiger partial charge in [-0.05, 0) is 30.8 Å². The Morgan fingerprint density at radius 3 is 2.25 bits per heavy atom. The first-order valence-electron chi connectivity index (χ1n) is 4.11. The second kappa shape index (κ2) is 4.12. The van der Waals surface area contributed by atoms with E-state index in [1.165, 1.54) is 0 Å². The van der Waals surface area contributed by atoms with E-state index in [-0.39, 0.29) is 0 Å². The molecule has 0 aliphatic carbocycles. The normalized spacial score (nSPS) is 9.92. The van der Waals surface area contributed by atoms with Gasteiger partial charge in [0.05, 0.1) is 0 Å². The minimum atomic E-state index is -0.948.